The molecule has 18 nitrogen and oxygen atoms in total. The Morgan fingerprint density at radius 3 is 0.875 bits per heavy atom. The normalized spacial score (nSPS) is 13.7. The van der Waals surface area contributed by atoms with Gasteiger partial charge in [0.2, 0.25) is 0 Å². The summed E-state index contributed by atoms with van der Waals surface area (Å²) in [7, 11) is 5.73. The van der Waals surface area contributed by atoms with Gasteiger partial charge in [-0.3, -0.25) is 28.8 Å². The third kappa shape index (κ3) is 13.8. The Balaban J connectivity index is 0.993. The van der Waals surface area contributed by atoms with Gasteiger partial charge >= 0.3 is 0 Å². The zero-order valence-electron chi connectivity index (χ0n) is 50.5. The van der Waals surface area contributed by atoms with E-state index in [1.165, 1.54) is 0 Å². The monoisotopic (exact) mass is 1190 g/mol. The third-order valence-corrected chi connectivity index (χ3v) is 17.3. The number of para-hydroxylation sites is 3. The smallest absolute Gasteiger partial charge is 0.252 e. The van der Waals surface area contributed by atoms with Crippen molar-refractivity contribution in [2.75, 3.05) is 35.6 Å². The summed E-state index contributed by atoms with van der Waals surface area (Å²) in [4.78, 5) is 86.0. The molecule has 0 unspecified atom stereocenters. The molecule has 0 saturated heterocycles. The van der Waals surface area contributed by atoms with Crippen LogP contribution in [0.3, 0.4) is 0 Å². The first-order chi connectivity index (χ1) is 42.3. The second kappa shape index (κ2) is 27.9. The van der Waals surface area contributed by atoms with Gasteiger partial charge in [-0.25, -0.2) is 0 Å². The number of benzene rings is 6. The van der Waals surface area contributed by atoms with E-state index < -0.39 is 57.6 Å². The van der Waals surface area contributed by atoms with Crippen molar-refractivity contribution >= 4 is 84.8 Å². The quantitative estimate of drug-likeness (QED) is 0.0117. The largest absolute Gasteiger partial charge is 0.350 e. The fraction of sp³-hybridized carbons (Fsp3) is 0.314. The van der Waals surface area contributed by atoms with E-state index in [0.717, 1.165) is 66.1 Å². The van der Waals surface area contributed by atoms with Crippen LogP contribution in [0.2, 0.25) is 0 Å². The van der Waals surface area contributed by atoms with Gasteiger partial charge in [-0.15, -0.1) is 0 Å². The van der Waals surface area contributed by atoms with E-state index >= 15 is 0 Å². The Bertz CT molecular complexity index is 3570. The van der Waals surface area contributed by atoms with Crippen LogP contribution in [0.4, 0.5) is 17.1 Å². The Hall–Kier alpha value is -8.88. The number of carbonyl (C=O) groups is 6. The summed E-state index contributed by atoms with van der Waals surface area (Å²) in [5.41, 5.74) is 41.5. The number of nitrogens with two attached hydrogens (primary N) is 6. The molecule has 3 atom stereocenters. The zero-order chi connectivity index (χ0) is 62.8. The summed E-state index contributed by atoms with van der Waals surface area (Å²) in [6.07, 6.45) is 8.96. The second-order valence-corrected chi connectivity index (χ2v) is 23.5. The first-order valence-corrected chi connectivity index (χ1v) is 30.2. The van der Waals surface area contributed by atoms with Crippen molar-refractivity contribution in [1.82, 2.24) is 13.7 Å². The number of unbranched alkanes of at least 4 members (excludes halogenated alkanes) is 3. The molecule has 0 aliphatic rings. The Kier molecular flexibility index (Phi) is 20.1. The minimum absolute atomic E-state index is 0.0444. The Labute approximate surface area is 513 Å². The first-order valence-electron chi connectivity index (χ1n) is 30.2. The van der Waals surface area contributed by atoms with Crippen molar-refractivity contribution in [3.63, 3.8) is 0 Å². The predicted molar refractivity (Wildman–Crippen MR) is 351 cm³/mol. The van der Waals surface area contributed by atoms with Gasteiger partial charge < -0.3 is 64.1 Å². The lowest BCUT2D eigenvalue weighted by atomic mass is 9.83. The number of nitrogens with zero attached hydrogens (tertiary/aromatic N) is 3. The highest BCUT2D eigenvalue weighted by atomic mass is 16.2. The maximum absolute atomic E-state index is 14.4. The number of aryl methyl sites for hydroxylation is 3. The van der Waals surface area contributed by atoms with Crippen LogP contribution in [0.5, 0.6) is 0 Å². The van der Waals surface area contributed by atoms with E-state index in [4.69, 9.17) is 34.4 Å². The van der Waals surface area contributed by atoms with Crippen LogP contribution in [-0.2, 0) is 69.2 Å². The molecule has 9 rings (SSSR count). The topological polar surface area (TPSA) is 309 Å². The highest BCUT2D eigenvalue weighted by Crippen LogP contribution is 2.36. The summed E-state index contributed by atoms with van der Waals surface area (Å²) in [5.74, 6) is -3.64. The number of fused-ring (bicyclic) bond motifs is 3. The van der Waals surface area contributed by atoms with Crippen LogP contribution >= 0.6 is 0 Å². The predicted octanol–water partition coefficient (Wildman–Crippen LogP) is 8.07. The minimum atomic E-state index is -1.86. The van der Waals surface area contributed by atoms with Gasteiger partial charge in [0.05, 0.1) is 0 Å². The van der Waals surface area contributed by atoms with E-state index in [9.17, 15) is 28.8 Å². The van der Waals surface area contributed by atoms with E-state index in [0.29, 0.717) is 75.2 Å². The summed E-state index contributed by atoms with van der Waals surface area (Å²) >= 11 is 0. The molecule has 3 heterocycles. The van der Waals surface area contributed by atoms with Gasteiger partial charge in [-0.1, -0.05) is 91.0 Å². The van der Waals surface area contributed by atoms with Crippen molar-refractivity contribution < 1.29 is 28.8 Å². The summed E-state index contributed by atoms with van der Waals surface area (Å²) in [6.45, 7) is 1.13. The lowest BCUT2D eigenvalue weighted by Crippen LogP contribution is -2.58. The van der Waals surface area contributed by atoms with E-state index in [1.807, 2.05) is 163 Å². The average molecular weight is 1190 g/mol. The maximum atomic E-state index is 14.4. The first kappa shape index (κ1) is 63.6. The van der Waals surface area contributed by atoms with Crippen LogP contribution < -0.4 is 50.4 Å². The summed E-state index contributed by atoms with van der Waals surface area (Å²) in [5, 5.41) is 11.6. The van der Waals surface area contributed by atoms with Gasteiger partial charge in [0.25, 0.3) is 17.7 Å². The number of amides is 3. The van der Waals surface area contributed by atoms with Gasteiger partial charge in [-0.05, 0) is 165 Å². The van der Waals surface area contributed by atoms with Crippen molar-refractivity contribution in [3.8, 4) is 0 Å². The highest BCUT2D eigenvalue weighted by Gasteiger charge is 2.44. The number of Topliss-reactive ketones (excluding diaryl/α,β-unsaturated/α-hetero) is 3. The molecule has 458 valence electrons. The Morgan fingerprint density at radius 2 is 0.625 bits per heavy atom. The van der Waals surface area contributed by atoms with Gasteiger partial charge in [0.15, 0.2) is 34.0 Å². The molecule has 0 fully saturated rings. The molecule has 18 heteroatoms. The summed E-state index contributed by atoms with van der Waals surface area (Å²) in [6, 6.07) is 45.0. The van der Waals surface area contributed by atoms with Crippen LogP contribution in [0.25, 0.3) is 32.7 Å². The lowest BCUT2D eigenvalue weighted by Gasteiger charge is -2.28. The van der Waals surface area contributed by atoms with Crippen molar-refractivity contribution in [3.05, 3.63) is 198 Å². The number of nitrogens with one attached hydrogen (secondary N) is 3. The molecule has 0 bridgehead atoms. The number of rotatable bonds is 30. The van der Waals surface area contributed by atoms with Gasteiger partial charge in [-0.2, -0.15) is 0 Å². The molecule has 6 aromatic carbocycles. The summed E-state index contributed by atoms with van der Waals surface area (Å²) < 4.78 is 5.85. The molecule has 0 spiro atoms. The van der Waals surface area contributed by atoms with Crippen molar-refractivity contribution in [2.45, 2.75) is 99.6 Å². The van der Waals surface area contributed by atoms with Crippen molar-refractivity contribution in [2.24, 2.45) is 55.5 Å². The fourth-order valence-corrected chi connectivity index (χ4v) is 12.1. The minimum Gasteiger partial charge on any atom is -0.350 e. The van der Waals surface area contributed by atoms with Crippen LogP contribution in [0.1, 0.15) is 97.1 Å². The van der Waals surface area contributed by atoms with E-state index in [1.54, 1.807) is 36.4 Å². The van der Waals surface area contributed by atoms with Gasteiger partial charge in [0.1, 0.15) is 0 Å². The molecule has 0 aliphatic carbocycles. The highest BCUT2D eigenvalue weighted by molar-refractivity contribution is 6.18. The molecular formula is C70H82N12O6. The molecule has 9 aromatic rings. The number of hydrogen-bond donors (Lipinski definition) is 9. The molecule has 0 saturated carbocycles. The molecule has 3 amide bonds. The average Bonchev–Trinajstić information content (AvgIpc) is 2.15. The van der Waals surface area contributed by atoms with Crippen LogP contribution in [0, 0.1) is 0 Å². The van der Waals surface area contributed by atoms with Crippen LogP contribution in [0.15, 0.2) is 164 Å². The molecule has 3 aromatic heterocycles. The number of carbonyl (C=O) groups excluding carboxylic acids is 6. The number of hydrogen-bond acceptors (Lipinski definition) is 12. The number of ketones is 3. The van der Waals surface area contributed by atoms with Crippen LogP contribution in [-0.4, -0.2) is 85.0 Å². The fourth-order valence-electron chi connectivity index (χ4n) is 12.1. The van der Waals surface area contributed by atoms with E-state index in [2.05, 4.69) is 16.0 Å². The Morgan fingerprint density at radius 1 is 0.375 bits per heavy atom. The lowest BCUT2D eigenvalue weighted by molar-refractivity contribution is -0.134. The number of aromatic nitrogens is 3. The van der Waals surface area contributed by atoms with Crippen molar-refractivity contribution in [1.29, 1.82) is 0 Å². The SMILES string of the molecule is Cn1cc(CC(=O)[C@](N)(CCCCN)C(=O)Nc2ccc(C(c3ccc(NC(=O)[C@@](N)(CCCCN)C(=O)Cc4cn(C)c5ccccc45)cc3)c3ccc(NC(=O)[C@@](N)(CCCCN)C(=O)Cc4cn(C)c5ccccc45)cc3)cc2)c2ccccc21. The second-order valence-electron chi connectivity index (χ2n) is 23.5. The molecule has 15 N–H and O–H groups in total. The molecular weight excluding hydrogens is 1100 g/mol. The maximum Gasteiger partial charge on any atom is 0.252 e. The molecule has 0 radical (unpaired) electrons. The third-order valence-electron chi connectivity index (χ3n) is 17.3. The number of anilines is 3. The molecule has 88 heavy (non-hydrogen) atoms. The van der Waals surface area contributed by atoms with Gasteiger partial charge in [0, 0.05) is 115 Å². The standard InChI is InChI=1S/C70H82N12O6/c1-80-43-49(55-16-4-7-19-58(55)80)40-61(83)68(74,34-10-13-37-71)65(86)77-52-28-22-46(23-29-52)64(47-24-30-53(31-25-47)78-66(87)69(75,35-11-14-38-72)62(84)41-50-44-81(2)59-20-8-5-17-56(50)59)48-26-32-54(33-27-48)79-67(88)70(76,36-12-15-39-73)63(85)42-51-45-82(3)60-21-9-6-18-57(51)60/h4-9,16-33,43-45,64H,10-15,34-42,71-76H2,1-3H3,(H,77,86)(H,78,87)(H,79,88)/t68-,69-,70-/m1/s1. The van der Waals surface area contributed by atoms with E-state index in [-0.39, 0.29) is 38.5 Å². The molecule has 0 aliphatic heterocycles. The zero-order valence-corrected chi connectivity index (χ0v) is 50.5.